The van der Waals surface area contributed by atoms with E-state index >= 15 is 0 Å². The molecule has 0 aliphatic heterocycles. The van der Waals surface area contributed by atoms with Crippen molar-refractivity contribution in [3.63, 3.8) is 0 Å². The van der Waals surface area contributed by atoms with E-state index in [1.807, 2.05) is 0 Å². The largest absolute Gasteiger partial charge is 0.344 e. The lowest BCUT2D eigenvalue weighted by molar-refractivity contribution is 0.0934. The molecule has 19 heavy (non-hydrogen) atoms. The first kappa shape index (κ1) is 13.1. The van der Waals surface area contributed by atoms with Crippen LogP contribution in [0.4, 0.5) is 4.39 Å². The highest BCUT2D eigenvalue weighted by Crippen LogP contribution is 2.13. The quantitative estimate of drug-likeness (QED) is 0.921. The second-order valence-corrected chi connectivity index (χ2v) is 4.29. The Bertz CT molecular complexity index is 583. The Hall–Kier alpha value is -2.30. The monoisotopic (exact) mass is 259 g/mol. The van der Waals surface area contributed by atoms with Gasteiger partial charge in [-0.05, 0) is 31.5 Å². The zero-order chi connectivity index (χ0) is 13.8. The molecule has 1 amide bonds. The third-order valence-corrected chi connectivity index (χ3v) is 2.71. The molecule has 0 bridgehead atoms. The van der Waals surface area contributed by atoms with Crippen molar-refractivity contribution in [1.82, 2.24) is 15.3 Å². The molecule has 0 aliphatic carbocycles. The van der Waals surface area contributed by atoms with Crippen LogP contribution < -0.4 is 5.32 Å². The van der Waals surface area contributed by atoms with Crippen molar-refractivity contribution in [3.05, 3.63) is 59.4 Å². The van der Waals surface area contributed by atoms with Gasteiger partial charge >= 0.3 is 0 Å². The van der Waals surface area contributed by atoms with Gasteiger partial charge in [-0.1, -0.05) is 12.1 Å². The molecule has 2 aromatic rings. The van der Waals surface area contributed by atoms with Crippen LogP contribution in [0.3, 0.4) is 0 Å². The van der Waals surface area contributed by atoms with Crippen LogP contribution in [0, 0.1) is 12.7 Å². The normalized spacial score (nSPS) is 11.9. The summed E-state index contributed by atoms with van der Waals surface area (Å²) in [6, 6.07) is 5.83. The molecule has 0 aliphatic rings. The van der Waals surface area contributed by atoms with Crippen molar-refractivity contribution in [2.45, 2.75) is 19.9 Å². The summed E-state index contributed by atoms with van der Waals surface area (Å²) < 4.78 is 13.1. The molecule has 5 heteroatoms. The standard InChI is InChI=1S/C14H14FN3O/c1-9-7-17-13(8-16-9)14(19)18-10(2)11-4-3-5-12(15)6-11/h3-8,10H,1-2H3,(H,18,19)/t10-/m1/s1. The summed E-state index contributed by atoms with van der Waals surface area (Å²) in [5.74, 6) is -0.655. The van der Waals surface area contributed by atoms with E-state index in [2.05, 4.69) is 15.3 Å². The molecule has 0 radical (unpaired) electrons. The van der Waals surface area contributed by atoms with Crippen molar-refractivity contribution < 1.29 is 9.18 Å². The van der Waals surface area contributed by atoms with Crippen molar-refractivity contribution in [2.24, 2.45) is 0 Å². The number of aromatic nitrogens is 2. The van der Waals surface area contributed by atoms with Gasteiger partial charge in [0.05, 0.1) is 17.9 Å². The van der Waals surface area contributed by atoms with Crippen molar-refractivity contribution in [2.75, 3.05) is 0 Å². The maximum absolute atomic E-state index is 13.1. The SMILES string of the molecule is Cc1cnc(C(=O)N[C@H](C)c2cccc(F)c2)cn1. The van der Waals surface area contributed by atoms with E-state index in [0.717, 1.165) is 5.69 Å². The van der Waals surface area contributed by atoms with Crippen LogP contribution in [0.15, 0.2) is 36.7 Å². The van der Waals surface area contributed by atoms with E-state index in [0.29, 0.717) is 5.56 Å². The summed E-state index contributed by atoms with van der Waals surface area (Å²) in [6.07, 6.45) is 2.95. The fourth-order valence-corrected chi connectivity index (χ4v) is 1.64. The summed E-state index contributed by atoms with van der Waals surface area (Å²) in [7, 11) is 0. The average Bonchev–Trinajstić information content (AvgIpc) is 2.39. The van der Waals surface area contributed by atoms with Crippen LogP contribution in [-0.4, -0.2) is 15.9 Å². The highest BCUT2D eigenvalue weighted by molar-refractivity contribution is 5.92. The predicted octanol–water partition coefficient (Wildman–Crippen LogP) is 2.42. The minimum absolute atomic E-state index is 0.244. The van der Waals surface area contributed by atoms with E-state index in [1.165, 1.54) is 24.5 Å². The molecule has 2 rings (SSSR count). The average molecular weight is 259 g/mol. The number of nitrogens with zero attached hydrogens (tertiary/aromatic N) is 2. The minimum atomic E-state index is -0.329. The van der Waals surface area contributed by atoms with Crippen molar-refractivity contribution in [1.29, 1.82) is 0 Å². The van der Waals surface area contributed by atoms with Gasteiger partial charge in [0.15, 0.2) is 0 Å². The first-order valence-electron chi connectivity index (χ1n) is 5.91. The van der Waals surface area contributed by atoms with Crippen LogP contribution in [0.25, 0.3) is 0 Å². The molecule has 4 nitrogen and oxygen atoms in total. The number of aryl methyl sites for hydroxylation is 1. The third-order valence-electron chi connectivity index (χ3n) is 2.71. The van der Waals surface area contributed by atoms with E-state index in [1.54, 1.807) is 26.0 Å². The van der Waals surface area contributed by atoms with Gasteiger partial charge in [-0.25, -0.2) is 9.37 Å². The molecule has 0 saturated carbocycles. The zero-order valence-electron chi connectivity index (χ0n) is 10.7. The number of halogens is 1. The number of benzene rings is 1. The number of carbonyl (C=O) groups is 1. The number of hydrogen-bond acceptors (Lipinski definition) is 3. The number of carbonyl (C=O) groups excluding carboxylic acids is 1. The highest BCUT2D eigenvalue weighted by Gasteiger charge is 2.13. The van der Waals surface area contributed by atoms with Gasteiger partial charge < -0.3 is 5.32 Å². The molecule has 98 valence electrons. The van der Waals surface area contributed by atoms with Gasteiger partial charge in [0.1, 0.15) is 11.5 Å². The fraction of sp³-hybridized carbons (Fsp3) is 0.214. The van der Waals surface area contributed by atoms with E-state index in [9.17, 15) is 9.18 Å². The van der Waals surface area contributed by atoms with Crippen LogP contribution >= 0.6 is 0 Å². The molecule has 1 atom stereocenters. The molecule has 0 unspecified atom stereocenters. The predicted molar refractivity (Wildman–Crippen MR) is 69.1 cm³/mol. The second kappa shape index (κ2) is 5.56. The first-order chi connectivity index (χ1) is 9.06. The number of rotatable bonds is 3. The maximum atomic E-state index is 13.1. The van der Waals surface area contributed by atoms with Gasteiger partial charge in [-0.2, -0.15) is 0 Å². The highest BCUT2D eigenvalue weighted by atomic mass is 19.1. The van der Waals surface area contributed by atoms with Gasteiger partial charge in [0, 0.05) is 6.20 Å². The Morgan fingerprint density at radius 1 is 1.32 bits per heavy atom. The molecule has 0 saturated heterocycles. The lowest BCUT2D eigenvalue weighted by atomic mass is 10.1. The topological polar surface area (TPSA) is 54.9 Å². The van der Waals surface area contributed by atoms with E-state index in [-0.39, 0.29) is 23.5 Å². The first-order valence-corrected chi connectivity index (χ1v) is 5.91. The number of hydrogen-bond donors (Lipinski definition) is 1. The molecule has 0 spiro atoms. The molecule has 1 N–H and O–H groups in total. The van der Waals surface area contributed by atoms with Crippen LogP contribution in [-0.2, 0) is 0 Å². The molecule has 0 fully saturated rings. The molecule has 1 heterocycles. The Balaban J connectivity index is 2.08. The van der Waals surface area contributed by atoms with Crippen molar-refractivity contribution >= 4 is 5.91 Å². The summed E-state index contributed by atoms with van der Waals surface area (Å²) in [5, 5.41) is 2.75. The van der Waals surface area contributed by atoms with Gasteiger partial charge in [-0.3, -0.25) is 9.78 Å². The lowest BCUT2D eigenvalue weighted by Gasteiger charge is -2.13. The second-order valence-electron chi connectivity index (χ2n) is 4.29. The van der Waals surface area contributed by atoms with E-state index < -0.39 is 0 Å². The summed E-state index contributed by atoms with van der Waals surface area (Å²) >= 11 is 0. The van der Waals surface area contributed by atoms with Crippen LogP contribution in [0.5, 0.6) is 0 Å². The number of amides is 1. The number of nitrogens with one attached hydrogen (secondary N) is 1. The van der Waals surface area contributed by atoms with Crippen LogP contribution in [0.2, 0.25) is 0 Å². The Labute approximate surface area is 110 Å². The third kappa shape index (κ3) is 3.34. The van der Waals surface area contributed by atoms with E-state index in [4.69, 9.17) is 0 Å². The smallest absolute Gasteiger partial charge is 0.271 e. The Kier molecular flexibility index (Phi) is 3.85. The Morgan fingerprint density at radius 2 is 2.11 bits per heavy atom. The Morgan fingerprint density at radius 3 is 2.74 bits per heavy atom. The molecular formula is C14H14FN3O. The van der Waals surface area contributed by atoms with Gasteiger partial charge in [0.25, 0.3) is 5.91 Å². The van der Waals surface area contributed by atoms with Crippen LogP contribution in [0.1, 0.15) is 34.7 Å². The zero-order valence-corrected chi connectivity index (χ0v) is 10.7. The maximum Gasteiger partial charge on any atom is 0.271 e. The molecule has 1 aromatic carbocycles. The minimum Gasteiger partial charge on any atom is -0.344 e. The summed E-state index contributed by atoms with van der Waals surface area (Å²) in [6.45, 7) is 3.58. The summed E-state index contributed by atoms with van der Waals surface area (Å²) in [5.41, 5.74) is 1.69. The van der Waals surface area contributed by atoms with Gasteiger partial charge in [0.2, 0.25) is 0 Å². The van der Waals surface area contributed by atoms with Crippen molar-refractivity contribution in [3.8, 4) is 0 Å². The fourth-order valence-electron chi connectivity index (χ4n) is 1.64. The molecular weight excluding hydrogens is 245 g/mol. The lowest BCUT2D eigenvalue weighted by Crippen LogP contribution is -2.27. The van der Waals surface area contributed by atoms with Gasteiger partial charge in [-0.15, -0.1) is 0 Å². The summed E-state index contributed by atoms with van der Waals surface area (Å²) in [4.78, 5) is 19.9. The molecule has 1 aromatic heterocycles.